The van der Waals surface area contributed by atoms with Crippen LogP contribution < -0.4 is 5.73 Å². The molecule has 1 aromatic carbocycles. The first-order valence-electron chi connectivity index (χ1n) is 6.41. The van der Waals surface area contributed by atoms with Crippen LogP contribution in [0.3, 0.4) is 0 Å². The molecule has 2 N–H and O–H groups in total. The van der Waals surface area contributed by atoms with E-state index < -0.39 is 5.60 Å². The molecule has 0 radical (unpaired) electrons. The lowest BCUT2D eigenvalue weighted by atomic mass is 10.1. The molecule has 0 bridgehead atoms. The van der Waals surface area contributed by atoms with Crippen molar-refractivity contribution in [2.75, 3.05) is 5.73 Å². The van der Waals surface area contributed by atoms with Gasteiger partial charge in [0.15, 0.2) is 0 Å². The first kappa shape index (κ1) is 14.1. The van der Waals surface area contributed by atoms with Crippen LogP contribution in [0.25, 0.3) is 11.3 Å². The summed E-state index contributed by atoms with van der Waals surface area (Å²) in [6, 6.07) is 12.6. The van der Waals surface area contributed by atoms with E-state index in [1.54, 1.807) is 24.3 Å². The van der Waals surface area contributed by atoms with Crippen LogP contribution in [-0.4, -0.2) is 16.6 Å². The number of benzene rings is 1. The molecule has 104 valence electrons. The monoisotopic (exact) mass is 270 g/mol. The van der Waals surface area contributed by atoms with Gasteiger partial charge in [0.05, 0.1) is 11.3 Å². The van der Waals surface area contributed by atoms with Crippen LogP contribution in [0.1, 0.15) is 31.1 Å². The minimum absolute atomic E-state index is 0.344. The van der Waals surface area contributed by atoms with Gasteiger partial charge in [-0.25, -0.2) is 9.78 Å². The number of ether oxygens (including phenoxy) is 1. The molecule has 2 aromatic rings. The molecule has 0 atom stereocenters. The highest BCUT2D eigenvalue weighted by atomic mass is 16.6. The maximum atomic E-state index is 12.0. The second kappa shape index (κ2) is 5.33. The molecule has 1 aromatic heterocycles. The predicted molar refractivity (Wildman–Crippen MR) is 79.3 cm³/mol. The van der Waals surface area contributed by atoms with Crippen LogP contribution in [-0.2, 0) is 4.74 Å². The molecule has 4 heteroatoms. The van der Waals surface area contributed by atoms with Gasteiger partial charge in [0.25, 0.3) is 0 Å². The summed E-state index contributed by atoms with van der Waals surface area (Å²) >= 11 is 0. The lowest BCUT2D eigenvalue weighted by molar-refractivity contribution is 0.00696. The van der Waals surface area contributed by atoms with Crippen molar-refractivity contribution in [3.63, 3.8) is 0 Å². The Kier molecular flexibility index (Phi) is 3.74. The first-order chi connectivity index (χ1) is 9.35. The van der Waals surface area contributed by atoms with Crippen LogP contribution >= 0.6 is 0 Å². The van der Waals surface area contributed by atoms with Crippen molar-refractivity contribution in [1.82, 2.24) is 4.98 Å². The lowest BCUT2D eigenvalue weighted by Gasteiger charge is -2.19. The summed E-state index contributed by atoms with van der Waals surface area (Å²) in [6.07, 6.45) is 0. The van der Waals surface area contributed by atoms with Gasteiger partial charge in [-0.1, -0.05) is 18.2 Å². The molecule has 0 saturated carbocycles. The standard InChI is InChI=1S/C16H18N2O2/c1-16(2,3)20-15(19)12-7-4-6-11(10-12)13-8-5-9-14(17)18-13/h4-10H,1-3H3,(H2,17,18). The van der Waals surface area contributed by atoms with Gasteiger partial charge in [-0.15, -0.1) is 0 Å². The number of anilines is 1. The highest BCUT2D eigenvalue weighted by Gasteiger charge is 2.18. The van der Waals surface area contributed by atoms with Crippen molar-refractivity contribution in [3.05, 3.63) is 48.0 Å². The Morgan fingerprint density at radius 2 is 1.85 bits per heavy atom. The van der Waals surface area contributed by atoms with Crippen LogP contribution in [0.15, 0.2) is 42.5 Å². The molecule has 4 nitrogen and oxygen atoms in total. The van der Waals surface area contributed by atoms with E-state index in [9.17, 15) is 4.79 Å². The summed E-state index contributed by atoms with van der Waals surface area (Å²) in [7, 11) is 0. The molecular formula is C16H18N2O2. The van der Waals surface area contributed by atoms with Crippen LogP contribution in [0.2, 0.25) is 0 Å². The van der Waals surface area contributed by atoms with Crippen molar-refractivity contribution in [2.24, 2.45) is 0 Å². The molecule has 0 unspecified atom stereocenters. The third-order valence-corrected chi connectivity index (χ3v) is 2.56. The zero-order chi connectivity index (χ0) is 14.8. The molecule has 0 spiro atoms. The first-order valence-corrected chi connectivity index (χ1v) is 6.41. The number of nitrogens with two attached hydrogens (primary N) is 1. The fourth-order valence-corrected chi connectivity index (χ4v) is 1.75. The molecule has 0 aliphatic carbocycles. The van der Waals surface area contributed by atoms with Crippen LogP contribution in [0.4, 0.5) is 5.82 Å². The minimum Gasteiger partial charge on any atom is -0.456 e. The van der Waals surface area contributed by atoms with Gasteiger partial charge >= 0.3 is 5.97 Å². The van der Waals surface area contributed by atoms with Gasteiger partial charge < -0.3 is 10.5 Å². The molecule has 0 saturated heterocycles. The summed E-state index contributed by atoms with van der Waals surface area (Å²) in [5.41, 5.74) is 7.23. The number of esters is 1. The van der Waals surface area contributed by atoms with Gasteiger partial charge in [0.2, 0.25) is 0 Å². The lowest BCUT2D eigenvalue weighted by Crippen LogP contribution is -2.23. The predicted octanol–water partition coefficient (Wildman–Crippen LogP) is 3.29. The Bertz CT molecular complexity index is 630. The Morgan fingerprint density at radius 1 is 1.15 bits per heavy atom. The van der Waals surface area contributed by atoms with Crippen LogP contribution in [0, 0.1) is 0 Å². The maximum Gasteiger partial charge on any atom is 0.338 e. The SMILES string of the molecule is CC(C)(C)OC(=O)c1cccc(-c2cccc(N)n2)c1. The van der Waals surface area contributed by atoms with Crippen molar-refractivity contribution >= 4 is 11.8 Å². The Morgan fingerprint density at radius 3 is 2.50 bits per heavy atom. The van der Waals surface area contributed by atoms with Gasteiger partial charge in [0.1, 0.15) is 11.4 Å². The van der Waals surface area contributed by atoms with E-state index in [-0.39, 0.29) is 5.97 Å². The number of pyridine rings is 1. The van der Waals surface area contributed by atoms with E-state index in [0.29, 0.717) is 11.4 Å². The van der Waals surface area contributed by atoms with Gasteiger partial charge in [-0.2, -0.15) is 0 Å². The summed E-state index contributed by atoms with van der Waals surface area (Å²) in [6.45, 7) is 5.52. The van der Waals surface area contributed by atoms with Crippen LogP contribution in [0.5, 0.6) is 0 Å². The molecular weight excluding hydrogens is 252 g/mol. The third-order valence-electron chi connectivity index (χ3n) is 2.56. The number of hydrogen-bond acceptors (Lipinski definition) is 4. The van der Waals surface area contributed by atoms with E-state index >= 15 is 0 Å². The molecule has 1 heterocycles. The molecule has 0 fully saturated rings. The molecule has 0 aliphatic rings. The number of carbonyl (C=O) groups is 1. The number of nitrogen functional groups attached to an aromatic ring is 1. The second-order valence-corrected chi connectivity index (χ2v) is 5.53. The van der Waals surface area contributed by atoms with Crippen molar-refractivity contribution in [1.29, 1.82) is 0 Å². The summed E-state index contributed by atoms with van der Waals surface area (Å²) in [5.74, 6) is 0.105. The maximum absolute atomic E-state index is 12.0. The number of aromatic nitrogens is 1. The number of carbonyl (C=O) groups excluding carboxylic acids is 1. The zero-order valence-electron chi connectivity index (χ0n) is 11.9. The fraction of sp³-hybridized carbons (Fsp3) is 0.250. The van der Waals surface area contributed by atoms with E-state index in [0.717, 1.165) is 11.3 Å². The van der Waals surface area contributed by atoms with Crippen molar-refractivity contribution < 1.29 is 9.53 Å². The van der Waals surface area contributed by atoms with Gasteiger partial charge in [-0.05, 0) is 45.0 Å². The van der Waals surface area contributed by atoms with Gasteiger partial charge in [-0.3, -0.25) is 0 Å². The average molecular weight is 270 g/mol. The highest BCUT2D eigenvalue weighted by molar-refractivity contribution is 5.91. The van der Waals surface area contributed by atoms with E-state index in [1.807, 2.05) is 39.0 Å². The summed E-state index contributed by atoms with van der Waals surface area (Å²) < 4.78 is 5.35. The molecule has 2 rings (SSSR count). The Balaban J connectivity index is 2.31. The van der Waals surface area contributed by atoms with Crippen molar-refractivity contribution in [3.8, 4) is 11.3 Å². The van der Waals surface area contributed by atoms with E-state index in [2.05, 4.69) is 4.98 Å². The van der Waals surface area contributed by atoms with E-state index in [1.165, 1.54) is 0 Å². The van der Waals surface area contributed by atoms with Gasteiger partial charge in [0, 0.05) is 5.56 Å². The van der Waals surface area contributed by atoms with E-state index in [4.69, 9.17) is 10.5 Å². The highest BCUT2D eigenvalue weighted by Crippen LogP contribution is 2.20. The Labute approximate surface area is 118 Å². The topological polar surface area (TPSA) is 65.2 Å². The number of hydrogen-bond donors (Lipinski definition) is 1. The minimum atomic E-state index is -0.511. The molecule has 20 heavy (non-hydrogen) atoms. The van der Waals surface area contributed by atoms with Crippen molar-refractivity contribution in [2.45, 2.75) is 26.4 Å². The fourth-order valence-electron chi connectivity index (χ4n) is 1.75. The molecule has 0 amide bonds. The number of nitrogens with zero attached hydrogens (tertiary/aromatic N) is 1. The zero-order valence-corrected chi connectivity index (χ0v) is 11.9. The Hall–Kier alpha value is -2.36. The molecule has 0 aliphatic heterocycles. The quantitative estimate of drug-likeness (QED) is 0.850. The smallest absolute Gasteiger partial charge is 0.338 e. The normalized spacial score (nSPS) is 11.2. The average Bonchev–Trinajstić information content (AvgIpc) is 2.37. The second-order valence-electron chi connectivity index (χ2n) is 5.53. The third kappa shape index (κ3) is 3.57. The summed E-state index contributed by atoms with van der Waals surface area (Å²) in [4.78, 5) is 16.3. The largest absolute Gasteiger partial charge is 0.456 e. The number of rotatable bonds is 2. The summed E-state index contributed by atoms with van der Waals surface area (Å²) in [5, 5.41) is 0.